The number of aromatic amines is 2. The van der Waals surface area contributed by atoms with Gasteiger partial charge in [-0.2, -0.15) is 5.10 Å². The maximum Gasteiger partial charge on any atom is 0.124 e. The summed E-state index contributed by atoms with van der Waals surface area (Å²) in [6.07, 6.45) is 3.63. The van der Waals surface area contributed by atoms with E-state index in [9.17, 15) is 4.39 Å². The Bertz CT molecular complexity index is 1650. The molecule has 4 heterocycles. The fourth-order valence-electron chi connectivity index (χ4n) is 4.43. The quantitative estimate of drug-likeness (QED) is 0.361. The van der Waals surface area contributed by atoms with Crippen LogP contribution in [0.25, 0.3) is 55.7 Å². The molecule has 0 fully saturated rings. The molecule has 0 bridgehead atoms. The summed E-state index contributed by atoms with van der Waals surface area (Å²) in [6.45, 7) is 3.87. The number of rotatable bonds is 3. The van der Waals surface area contributed by atoms with Gasteiger partial charge in [-0.3, -0.25) is 10.1 Å². The number of aryl methyl sites for hydroxylation is 2. The molecule has 0 aliphatic carbocycles. The zero-order valence-electron chi connectivity index (χ0n) is 18.4. The highest BCUT2D eigenvalue weighted by Gasteiger charge is 2.16. The first-order valence-electron chi connectivity index (χ1n) is 10.7. The van der Waals surface area contributed by atoms with Gasteiger partial charge in [-0.1, -0.05) is 6.07 Å². The third-order valence-corrected chi connectivity index (χ3v) is 6.20. The van der Waals surface area contributed by atoms with E-state index in [4.69, 9.17) is 0 Å². The Morgan fingerprint density at radius 3 is 2.48 bits per heavy atom. The molecule has 0 atom stereocenters. The van der Waals surface area contributed by atoms with Gasteiger partial charge in [-0.25, -0.2) is 9.37 Å². The number of pyridine rings is 1. The molecule has 7 heteroatoms. The van der Waals surface area contributed by atoms with Crippen LogP contribution in [0.2, 0.25) is 0 Å². The van der Waals surface area contributed by atoms with E-state index in [1.807, 2.05) is 51.4 Å². The van der Waals surface area contributed by atoms with Crippen molar-refractivity contribution in [2.75, 3.05) is 0 Å². The number of H-pyrrole nitrogens is 2. The molecule has 0 unspecified atom stereocenters. The van der Waals surface area contributed by atoms with Crippen molar-refractivity contribution < 1.29 is 4.39 Å². The van der Waals surface area contributed by atoms with Crippen LogP contribution in [0.15, 0.2) is 60.9 Å². The molecule has 33 heavy (non-hydrogen) atoms. The summed E-state index contributed by atoms with van der Waals surface area (Å²) in [4.78, 5) is 12.4. The smallest absolute Gasteiger partial charge is 0.124 e. The maximum atomic E-state index is 14.1. The molecular weight excluding hydrogens is 415 g/mol. The van der Waals surface area contributed by atoms with E-state index in [-0.39, 0.29) is 5.82 Å². The number of imidazole rings is 1. The lowest BCUT2D eigenvalue weighted by molar-refractivity contribution is 0.627. The first-order chi connectivity index (χ1) is 16.0. The van der Waals surface area contributed by atoms with Crippen LogP contribution in [0.5, 0.6) is 0 Å². The van der Waals surface area contributed by atoms with Crippen molar-refractivity contribution >= 4 is 21.8 Å². The molecule has 2 aromatic carbocycles. The number of hydrogen-bond donors (Lipinski definition) is 2. The Balaban J connectivity index is 1.52. The summed E-state index contributed by atoms with van der Waals surface area (Å²) in [6, 6.07) is 15.2. The molecule has 0 radical (unpaired) electrons. The Morgan fingerprint density at radius 1 is 0.848 bits per heavy atom. The van der Waals surface area contributed by atoms with Crippen LogP contribution >= 0.6 is 0 Å². The summed E-state index contributed by atoms with van der Waals surface area (Å²) in [7, 11) is 2.01. The van der Waals surface area contributed by atoms with Gasteiger partial charge >= 0.3 is 0 Å². The van der Waals surface area contributed by atoms with Crippen LogP contribution in [0, 0.1) is 19.7 Å². The van der Waals surface area contributed by atoms with Crippen molar-refractivity contribution in [1.29, 1.82) is 0 Å². The van der Waals surface area contributed by atoms with Crippen molar-refractivity contribution in [3.8, 4) is 33.9 Å². The van der Waals surface area contributed by atoms with Gasteiger partial charge in [0.1, 0.15) is 17.3 Å². The molecule has 6 aromatic rings. The number of benzene rings is 2. The second-order valence-corrected chi connectivity index (χ2v) is 8.40. The topological polar surface area (TPSA) is 75.2 Å². The van der Waals surface area contributed by atoms with Crippen LogP contribution < -0.4 is 0 Å². The van der Waals surface area contributed by atoms with Gasteiger partial charge in [0.05, 0.1) is 28.8 Å². The minimum absolute atomic E-state index is 0.268. The second kappa shape index (κ2) is 7.13. The summed E-state index contributed by atoms with van der Waals surface area (Å²) in [5.41, 5.74) is 8.04. The van der Waals surface area contributed by atoms with Crippen molar-refractivity contribution in [3.63, 3.8) is 0 Å². The van der Waals surface area contributed by atoms with Crippen LogP contribution in [0.1, 0.15) is 11.4 Å². The molecule has 2 N–H and O–H groups in total. The van der Waals surface area contributed by atoms with Crippen LogP contribution in [-0.4, -0.2) is 29.7 Å². The Hall–Kier alpha value is -4.26. The summed E-state index contributed by atoms with van der Waals surface area (Å²) in [5.74, 6) is 0.691. The van der Waals surface area contributed by atoms with E-state index in [0.717, 1.165) is 67.1 Å². The molecule has 0 saturated carbocycles. The molecule has 0 aliphatic rings. The van der Waals surface area contributed by atoms with Crippen LogP contribution in [-0.2, 0) is 7.05 Å². The first kappa shape index (κ1) is 19.4. The minimum Gasteiger partial charge on any atom is -0.353 e. The summed E-state index contributed by atoms with van der Waals surface area (Å²) < 4.78 is 16.1. The number of fused-ring (bicyclic) bond motifs is 2. The molecule has 0 saturated heterocycles. The number of halogens is 1. The van der Waals surface area contributed by atoms with Gasteiger partial charge in [-0.05, 0) is 61.9 Å². The number of hydrogen-bond acceptors (Lipinski definition) is 3. The predicted octanol–water partition coefficient (Wildman–Crippen LogP) is 5.93. The van der Waals surface area contributed by atoms with E-state index < -0.39 is 0 Å². The lowest BCUT2D eigenvalue weighted by atomic mass is 10.0. The summed E-state index contributed by atoms with van der Waals surface area (Å²) in [5, 5.41) is 9.66. The largest absolute Gasteiger partial charge is 0.353 e. The minimum atomic E-state index is -0.268. The van der Waals surface area contributed by atoms with Gasteiger partial charge in [0.2, 0.25) is 0 Å². The third-order valence-electron chi connectivity index (χ3n) is 6.20. The fraction of sp³-hybridized carbons (Fsp3) is 0.115. The van der Waals surface area contributed by atoms with Crippen molar-refractivity contribution in [2.45, 2.75) is 13.8 Å². The standard InChI is InChI=1S/C26H21FN6/c1-14-8-17(10-18(27)9-14)25-20-12-23(30-21(20)6-7-28-25)26-19-11-16(4-5-22(19)31-32-26)24-13-29-15(2)33(24)3/h4-13,30H,1-3H3,(H,31,32). The number of aromatic nitrogens is 6. The number of nitrogens with zero attached hydrogens (tertiary/aromatic N) is 4. The van der Waals surface area contributed by atoms with Gasteiger partial charge in [0, 0.05) is 40.7 Å². The molecule has 6 rings (SSSR count). The SMILES string of the molecule is Cc1cc(F)cc(-c2nccc3[nH]c(-c4n[nH]c5ccc(-c6cnc(C)n6C)cc45)cc23)c1. The Morgan fingerprint density at radius 2 is 1.70 bits per heavy atom. The lowest BCUT2D eigenvalue weighted by Gasteiger charge is -2.04. The Labute approximate surface area is 189 Å². The zero-order valence-corrected chi connectivity index (χ0v) is 18.4. The van der Waals surface area contributed by atoms with Crippen molar-refractivity contribution in [3.05, 3.63) is 78.1 Å². The third kappa shape index (κ3) is 3.12. The average Bonchev–Trinajstić information content (AvgIpc) is 3.49. The molecule has 6 nitrogen and oxygen atoms in total. The molecule has 0 aliphatic heterocycles. The first-order valence-corrected chi connectivity index (χ1v) is 10.7. The lowest BCUT2D eigenvalue weighted by Crippen LogP contribution is -1.94. The molecule has 0 spiro atoms. The number of nitrogens with one attached hydrogen (secondary N) is 2. The highest BCUT2D eigenvalue weighted by molar-refractivity contribution is 6.00. The fourth-order valence-corrected chi connectivity index (χ4v) is 4.43. The van der Waals surface area contributed by atoms with Gasteiger partial charge in [0.25, 0.3) is 0 Å². The van der Waals surface area contributed by atoms with Gasteiger partial charge in [-0.15, -0.1) is 0 Å². The van der Waals surface area contributed by atoms with Crippen LogP contribution in [0.4, 0.5) is 4.39 Å². The van der Waals surface area contributed by atoms with E-state index in [1.165, 1.54) is 12.1 Å². The van der Waals surface area contributed by atoms with Crippen molar-refractivity contribution in [2.24, 2.45) is 7.05 Å². The average molecular weight is 436 g/mol. The van der Waals surface area contributed by atoms with Crippen molar-refractivity contribution in [1.82, 2.24) is 29.7 Å². The van der Waals surface area contributed by atoms with E-state index in [0.29, 0.717) is 0 Å². The van der Waals surface area contributed by atoms with Gasteiger partial charge < -0.3 is 9.55 Å². The highest BCUT2D eigenvalue weighted by Crippen LogP contribution is 2.34. The van der Waals surface area contributed by atoms with E-state index in [2.05, 4.69) is 41.8 Å². The van der Waals surface area contributed by atoms with E-state index >= 15 is 0 Å². The van der Waals surface area contributed by atoms with Crippen LogP contribution in [0.3, 0.4) is 0 Å². The molecular formula is C26H21FN6. The van der Waals surface area contributed by atoms with E-state index in [1.54, 1.807) is 6.20 Å². The maximum absolute atomic E-state index is 14.1. The second-order valence-electron chi connectivity index (χ2n) is 8.40. The zero-order chi connectivity index (χ0) is 22.7. The summed E-state index contributed by atoms with van der Waals surface area (Å²) >= 11 is 0. The highest BCUT2D eigenvalue weighted by atomic mass is 19.1. The molecule has 162 valence electrons. The van der Waals surface area contributed by atoms with Gasteiger partial charge in [0.15, 0.2) is 0 Å². The molecule has 0 amide bonds. The molecule has 4 aromatic heterocycles. The predicted molar refractivity (Wildman–Crippen MR) is 128 cm³/mol. The Kier molecular flexibility index (Phi) is 4.20. The normalized spacial score (nSPS) is 11.6. The monoisotopic (exact) mass is 436 g/mol.